The number of hydrogen-bond donors (Lipinski definition) is 1. The first-order valence-corrected chi connectivity index (χ1v) is 13.3. The molecular weight excluding hydrogens is 376 g/mol. The Morgan fingerprint density at radius 1 is 1.06 bits per heavy atom. The lowest BCUT2D eigenvalue weighted by atomic mass is 9.47. The van der Waals surface area contributed by atoms with Crippen molar-refractivity contribution in [2.75, 3.05) is 0 Å². The van der Waals surface area contributed by atoms with Crippen molar-refractivity contribution in [3.63, 3.8) is 0 Å². The normalized spacial score (nSPS) is 44.4. The zero-order valence-electron chi connectivity index (χ0n) is 21.2. The summed E-state index contributed by atoms with van der Waals surface area (Å²) >= 11 is 0. The number of allylic oxidation sites excluding steroid dienone is 4. The minimum Gasteiger partial charge on any atom is -0.393 e. The van der Waals surface area contributed by atoms with Crippen molar-refractivity contribution < 1.29 is 5.11 Å². The van der Waals surface area contributed by atoms with Gasteiger partial charge in [-0.3, -0.25) is 0 Å². The fraction of sp³-hybridized carbons (Fsp3) is 0.800. The van der Waals surface area contributed by atoms with Crippen molar-refractivity contribution in [3.05, 3.63) is 36.0 Å². The van der Waals surface area contributed by atoms with Gasteiger partial charge >= 0.3 is 0 Å². The van der Waals surface area contributed by atoms with Crippen LogP contribution in [-0.4, -0.2) is 11.2 Å². The van der Waals surface area contributed by atoms with Gasteiger partial charge in [0.25, 0.3) is 0 Å². The molecule has 4 rings (SSSR count). The molecule has 0 aliphatic heterocycles. The molecule has 3 saturated carbocycles. The van der Waals surface area contributed by atoms with E-state index in [0.717, 1.165) is 36.5 Å². The summed E-state index contributed by atoms with van der Waals surface area (Å²) in [6, 6.07) is 0. The van der Waals surface area contributed by atoms with Crippen LogP contribution < -0.4 is 0 Å². The molecule has 0 aromatic heterocycles. The Morgan fingerprint density at radius 2 is 1.81 bits per heavy atom. The molecule has 0 spiro atoms. The Hall–Kier alpha value is -0.820. The summed E-state index contributed by atoms with van der Waals surface area (Å²) in [5.41, 5.74) is 3.75. The average Bonchev–Trinajstić information content (AvgIpc) is 3.05. The van der Waals surface area contributed by atoms with Crippen molar-refractivity contribution in [2.45, 2.75) is 99.0 Å². The molecule has 3 fully saturated rings. The van der Waals surface area contributed by atoms with Crippen LogP contribution in [0.4, 0.5) is 0 Å². The van der Waals surface area contributed by atoms with E-state index in [1.807, 2.05) is 0 Å². The highest BCUT2D eigenvalue weighted by Gasteiger charge is 2.58. The van der Waals surface area contributed by atoms with E-state index in [4.69, 9.17) is 0 Å². The van der Waals surface area contributed by atoms with Gasteiger partial charge in [-0.25, -0.2) is 0 Å². The van der Waals surface area contributed by atoms with E-state index in [-0.39, 0.29) is 6.10 Å². The van der Waals surface area contributed by atoms with Crippen LogP contribution in [0.3, 0.4) is 0 Å². The molecule has 4 aliphatic rings. The maximum Gasteiger partial charge on any atom is 0.0577 e. The van der Waals surface area contributed by atoms with Gasteiger partial charge in [0.2, 0.25) is 0 Å². The lowest BCUT2D eigenvalue weighted by molar-refractivity contribution is -0.0540. The van der Waals surface area contributed by atoms with Crippen LogP contribution in [0.1, 0.15) is 92.9 Å². The molecule has 174 valence electrons. The van der Waals surface area contributed by atoms with Crippen molar-refractivity contribution in [1.29, 1.82) is 0 Å². The first kappa shape index (κ1) is 23.3. The number of fused-ring (bicyclic) bond motifs is 5. The average molecular weight is 425 g/mol. The predicted molar refractivity (Wildman–Crippen MR) is 133 cm³/mol. The van der Waals surface area contributed by atoms with Gasteiger partial charge in [0, 0.05) is 0 Å². The highest BCUT2D eigenvalue weighted by Crippen LogP contribution is 2.67. The second kappa shape index (κ2) is 8.51. The number of rotatable bonds is 5. The first-order valence-electron chi connectivity index (χ1n) is 13.3. The van der Waals surface area contributed by atoms with Gasteiger partial charge in [0.1, 0.15) is 0 Å². The third kappa shape index (κ3) is 3.92. The summed E-state index contributed by atoms with van der Waals surface area (Å²) in [6.07, 6.45) is 17.5. The molecule has 0 saturated heterocycles. The Balaban J connectivity index is 1.52. The largest absolute Gasteiger partial charge is 0.393 e. The SMILES string of the molecule is C=C(C)[C@H](/C=C/[C@@H](C)[C@H]1CC[C@H]2[C@@H]3CC=C4C[C@@H](O)CC[C@]4(C)[C@H]3CC[C@]12C)C(C)C. The molecule has 4 aliphatic carbocycles. The minimum absolute atomic E-state index is 0.0953. The van der Waals surface area contributed by atoms with Crippen molar-refractivity contribution in [1.82, 2.24) is 0 Å². The van der Waals surface area contributed by atoms with E-state index in [9.17, 15) is 5.11 Å². The Bertz CT molecular complexity index is 744. The molecule has 0 radical (unpaired) electrons. The highest BCUT2D eigenvalue weighted by atomic mass is 16.3. The van der Waals surface area contributed by atoms with Crippen LogP contribution in [-0.2, 0) is 0 Å². The number of hydrogen-bond acceptors (Lipinski definition) is 1. The smallest absolute Gasteiger partial charge is 0.0577 e. The van der Waals surface area contributed by atoms with Gasteiger partial charge in [-0.2, -0.15) is 0 Å². The third-order valence-electron chi connectivity index (χ3n) is 10.7. The zero-order chi connectivity index (χ0) is 22.6. The molecule has 9 atom stereocenters. The number of aliphatic hydroxyl groups excluding tert-OH is 1. The molecule has 0 aromatic carbocycles. The van der Waals surface area contributed by atoms with Crippen LogP contribution in [0.2, 0.25) is 0 Å². The van der Waals surface area contributed by atoms with Crippen LogP contribution in [0.25, 0.3) is 0 Å². The van der Waals surface area contributed by atoms with Crippen LogP contribution >= 0.6 is 0 Å². The lowest BCUT2D eigenvalue weighted by Crippen LogP contribution is -2.50. The van der Waals surface area contributed by atoms with E-state index in [0.29, 0.717) is 28.6 Å². The molecule has 0 heterocycles. The van der Waals surface area contributed by atoms with Crippen LogP contribution in [0.5, 0.6) is 0 Å². The minimum atomic E-state index is -0.0953. The fourth-order valence-corrected chi connectivity index (χ4v) is 8.93. The zero-order valence-corrected chi connectivity index (χ0v) is 21.2. The van der Waals surface area contributed by atoms with Crippen LogP contribution in [0, 0.1) is 52.3 Å². The quantitative estimate of drug-likeness (QED) is 0.444. The van der Waals surface area contributed by atoms with Crippen molar-refractivity contribution >= 4 is 0 Å². The molecule has 0 bridgehead atoms. The van der Waals surface area contributed by atoms with Crippen LogP contribution in [0.15, 0.2) is 36.0 Å². The van der Waals surface area contributed by atoms with E-state index >= 15 is 0 Å². The van der Waals surface area contributed by atoms with Gasteiger partial charge in [0.05, 0.1) is 6.10 Å². The highest BCUT2D eigenvalue weighted by molar-refractivity contribution is 5.25. The molecular formula is C30H48O. The van der Waals surface area contributed by atoms with Gasteiger partial charge in [-0.1, -0.05) is 70.6 Å². The molecule has 31 heavy (non-hydrogen) atoms. The van der Waals surface area contributed by atoms with Gasteiger partial charge < -0.3 is 5.11 Å². The van der Waals surface area contributed by atoms with E-state index in [2.05, 4.69) is 66.3 Å². The first-order chi connectivity index (χ1) is 14.6. The summed E-state index contributed by atoms with van der Waals surface area (Å²) in [5, 5.41) is 10.3. The third-order valence-corrected chi connectivity index (χ3v) is 10.7. The van der Waals surface area contributed by atoms with Crippen molar-refractivity contribution in [3.8, 4) is 0 Å². The molecule has 0 aromatic rings. The lowest BCUT2D eigenvalue weighted by Gasteiger charge is -2.58. The predicted octanol–water partition coefficient (Wildman–Crippen LogP) is 7.97. The molecule has 0 amide bonds. The van der Waals surface area contributed by atoms with E-state index < -0.39 is 0 Å². The fourth-order valence-electron chi connectivity index (χ4n) is 8.93. The van der Waals surface area contributed by atoms with Gasteiger partial charge in [-0.05, 0) is 111 Å². The summed E-state index contributed by atoms with van der Waals surface area (Å²) < 4.78 is 0. The Labute approximate surface area is 192 Å². The summed E-state index contributed by atoms with van der Waals surface area (Å²) in [6.45, 7) is 18.8. The maximum atomic E-state index is 10.3. The summed E-state index contributed by atoms with van der Waals surface area (Å²) in [4.78, 5) is 0. The van der Waals surface area contributed by atoms with E-state index in [1.54, 1.807) is 5.57 Å². The second-order valence-corrected chi connectivity index (χ2v) is 12.7. The summed E-state index contributed by atoms with van der Waals surface area (Å²) in [7, 11) is 0. The molecule has 0 unspecified atom stereocenters. The topological polar surface area (TPSA) is 20.2 Å². The van der Waals surface area contributed by atoms with Crippen molar-refractivity contribution in [2.24, 2.45) is 52.3 Å². The maximum absolute atomic E-state index is 10.3. The number of aliphatic hydroxyl groups is 1. The van der Waals surface area contributed by atoms with Gasteiger partial charge in [0.15, 0.2) is 0 Å². The summed E-state index contributed by atoms with van der Waals surface area (Å²) in [5.74, 6) is 5.20. The molecule has 1 N–H and O–H groups in total. The van der Waals surface area contributed by atoms with Gasteiger partial charge in [-0.15, -0.1) is 0 Å². The molecule has 1 heteroatoms. The monoisotopic (exact) mass is 424 g/mol. The Kier molecular flexibility index (Phi) is 6.41. The second-order valence-electron chi connectivity index (χ2n) is 12.7. The van der Waals surface area contributed by atoms with E-state index in [1.165, 1.54) is 44.1 Å². The standard InChI is InChI=1S/C30H48O/c1-19(2)24(20(3)4)10-8-21(5)26-12-13-27-25-11-9-22-18-23(31)14-16-29(22,6)28(25)15-17-30(26,27)7/h8-10,20-21,23-28,31H,1,11-18H2,2-7H3/b10-8+/t21-,23+,24+,25+,26-,27+,28+,29+,30-/m1/s1. The Morgan fingerprint density at radius 3 is 2.48 bits per heavy atom. The molecule has 1 nitrogen and oxygen atoms in total.